The number of H-pyrrole nitrogens is 1. The number of halogens is 1. The van der Waals surface area contributed by atoms with Crippen molar-refractivity contribution in [2.45, 2.75) is 38.0 Å². The minimum Gasteiger partial charge on any atom is -0.496 e. The quantitative estimate of drug-likeness (QED) is 0.374. The van der Waals surface area contributed by atoms with Crippen molar-refractivity contribution in [2.24, 2.45) is 0 Å². The van der Waals surface area contributed by atoms with E-state index in [-0.39, 0.29) is 17.9 Å². The van der Waals surface area contributed by atoms with Crippen molar-refractivity contribution >= 4 is 0 Å². The number of hydrogen-bond acceptors (Lipinski definition) is 5. The van der Waals surface area contributed by atoms with E-state index in [1.54, 1.807) is 13.4 Å². The molecule has 1 saturated heterocycles. The predicted octanol–water partition coefficient (Wildman–Crippen LogP) is 5.11. The third kappa shape index (κ3) is 5.42. The number of rotatable bonds is 8. The molecule has 2 heterocycles. The molecule has 5 rings (SSSR count). The number of likely N-dealkylation sites (tertiary alicyclic amines) is 1. The van der Waals surface area contributed by atoms with Crippen molar-refractivity contribution in [1.82, 2.24) is 25.4 Å². The van der Waals surface area contributed by atoms with Gasteiger partial charge in [-0.1, -0.05) is 48.5 Å². The van der Waals surface area contributed by atoms with Gasteiger partial charge in [-0.3, -0.25) is 10.00 Å². The van der Waals surface area contributed by atoms with Gasteiger partial charge in [0.05, 0.1) is 19.7 Å². The Hall–Kier alpha value is -3.55. The monoisotopic (exact) mass is 471 g/mol. The number of nitrogens with zero attached hydrogens (tertiary/aromatic N) is 3. The van der Waals surface area contributed by atoms with Gasteiger partial charge < -0.3 is 10.1 Å². The van der Waals surface area contributed by atoms with Gasteiger partial charge in [-0.15, -0.1) is 0 Å². The topological polar surface area (TPSA) is 66.1 Å². The Morgan fingerprint density at radius 3 is 2.60 bits per heavy atom. The molecule has 6 nitrogen and oxygen atoms in total. The zero-order valence-electron chi connectivity index (χ0n) is 19.8. The molecule has 7 heteroatoms. The van der Waals surface area contributed by atoms with E-state index in [0.717, 1.165) is 54.2 Å². The first-order chi connectivity index (χ1) is 17.2. The minimum absolute atomic E-state index is 0.210. The van der Waals surface area contributed by atoms with Crippen molar-refractivity contribution in [3.63, 3.8) is 0 Å². The first-order valence-electron chi connectivity index (χ1n) is 12.0. The first kappa shape index (κ1) is 23.2. The maximum atomic E-state index is 13.4. The predicted molar refractivity (Wildman–Crippen MR) is 134 cm³/mol. The number of ether oxygens (including phenoxy) is 1. The van der Waals surface area contributed by atoms with Crippen LogP contribution >= 0.6 is 0 Å². The molecule has 4 aromatic rings. The van der Waals surface area contributed by atoms with Gasteiger partial charge >= 0.3 is 0 Å². The zero-order chi connectivity index (χ0) is 24.0. The summed E-state index contributed by atoms with van der Waals surface area (Å²) in [5, 5.41) is 10.9. The highest BCUT2D eigenvalue weighted by Crippen LogP contribution is 2.33. The van der Waals surface area contributed by atoms with Crippen LogP contribution in [0.3, 0.4) is 0 Å². The Morgan fingerprint density at radius 1 is 1.06 bits per heavy atom. The maximum Gasteiger partial charge on any atom is 0.138 e. The molecule has 1 aromatic heterocycles. The lowest BCUT2D eigenvalue weighted by Gasteiger charge is -2.42. The largest absolute Gasteiger partial charge is 0.496 e. The Balaban J connectivity index is 1.39. The number of piperidine rings is 1. The Labute approximate surface area is 205 Å². The van der Waals surface area contributed by atoms with Gasteiger partial charge in [0.2, 0.25) is 0 Å². The third-order valence-electron chi connectivity index (χ3n) is 6.71. The summed E-state index contributed by atoms with van der Waals surface area (Å²) in [4.78, 5) is 6.83. The molecular formula is C28H30FN5O. The van der Waals surface area contributed by atoms with Crippen LogP contribution in [0.1, 0.15) is 35.8 Å². The van der Waals surface area contributed by atoms with Crippen LogP contribution in [-0.4, -0.2) is 39.8 Å². The van der Waals surface area contributed by atoms with Crippen molar-refractivity contribution in [3.05, 3.63) is 102 Å². The molecule has 1 aliphatic rings. The van der Waals surface area contributed by atoms with Gasteiger partial charge in [0.1, 0.15) is 23.7 Å². The van der Waals surface area contributed by atoms with Crippen LogP contribution in [0.5, 0.6) is 5.75 Å². The summed E-state index contributed by atoms with van der Waals surface area (Å²) < 4.78 is 19.1. The Bertz CT molecular complexity index is 1210. The number of methoxy groups -OCH3 is 1. The third-order valence-corrected chi connectivity index (χ3v) is 6.71. The summed E-state index contributed by atoms with van der Waals surface area (Å²) >= 11 is 0. The Morgan fingerprint density at radius 2 is 1.86 bits per heavy atom. The smallest absolute Gasteiger partial charge is 0.138 e. The molecule has 180 valence electrons. The second-order valence-corrected chi connectivity index (χ2v) is 8.92. The molecule has 0 radical (unpaired) electrons. The van der Waals surface area contributed by atoms with E-state index in [1.165, 1.54) is 17.7 Å². The summed E-state index contributed by atoms with van der Waals surface area (Å²) in [5.41, 5.74) is 4.39. The molecule has 2 unspecified atom stereocenters. The molecular weight excluding hydrogens is 441 g/mol. The molecule has 0 spiro atoms. The van der Waals surface area contributed by atoms with Gasteiger partial charge in [0.25, 0.3) is 0 Å². The number of aromatic nitrogens is 3. The van der Waals surface area contributed by atoms with Gasteiger partial charge in [0.15, 0.2) is 0 Å². The van der Waals surface area contributed by atoms with Crippen molar-refractivity contribution in [1.29, 1.82) is 0 Å². The minimum atomic E-state index is -0.233. The number of aromatic amines is 1. The van der Waals surface area contributed by atoms with Crippen molar-refractivity contribution < 1.29 is 9.13 Å². The summed E-state index contributed by atoms with van der Waals surface area (Å²) in [5.74, 6) is 1.48. The highest BCUT2D eigenvalue weighted by atomic mass is 19.1. The van der Waals surface area contributed by atoms with E-state index in [2.05, 4.69) is 61.8 Å². The fourth-order valence-corrected chi connectivity index (χ4v) is 5.03. The molecule has 3 aromatic carbocycles. The van der Waals surface area contributed by atoms with Gasteiger partial charge in [-0.25, -0.2) is 9.37 Å². The van der Waals surface area contributed by atoms with Gasteiger partial charge in [0, 0.05) is 18.2 Å². The molecule has 0 aliphatic carbocycles. The summed E-state index contributed by atoms with van der Waals surface area (Å²) in [6.45, 7) is 2.39. The van der Waals surface area contributed by atoms with Crippen LogP contribution in [0.2, 0.25) is 0 Å². The number of nitrogens with one attached hydrogen (secondary N) is 2. The SMILES string of the molecule is COc1ccc(-c2ccc(F)cc2)cc1CNC1CCCN(Cc2ncn[nH]2)C1c1ccccc1. The van der Waals surface area contributed by atoms with E-state index in [0.29, 0.717) is 6.54 Å². The molecule has 2 atom stereocenters. The van der Waals surface area contributed by atoms with Crippen LogP contribution in [-0.2, 0) is 13.1 Å². The van der Waals surface area contributed by atoms with E-state index >= 15 is 0 Å². The summed E-state index contributed by atoms with van der Waals surface area (Å²) in [7, 11) is 1.70. The van der Waals surface area contributed by atoms with Gasteiger partial charge in [-0.05, 0) is 60.3 Å². The van der Waals surface area contributed by atoms with Crippen molar-refractivity contribution in [3.8, 4) is 16.9 Å². The second-order valence-electron chi connectivity index (χ2n) is 8.92. The van der Waals surface area contributed by atoms with Crippen molar-refractivity contribution in [2.75, 3.05) is 13.7 Å². The number of benzene rings is 3. The van der Waals surface area contributed by atoms with Crippen LogP contribution in [0.15, 0.2) is 79.1 Å². The molecule has 0 saturated carbocycles. The highest BCUT2D eigenvalue weighted by Gasteiger charge is 2.33. The molecule has 1 aliphatic heterocycles. The average Bonchev–Trinajstić information content (AvgIpc) is 3.41. The van der Waals surface area contributed by atoms with Crippen LogP contribution in [0.4, 0.5) is 4.39 Å². The molecule has 2 N–H and O–H groups in total. The van der Waals surface area contributed by atoms with E-state index in [9.17, 15) is 4.39 Å². The fraction of sp³-hybridized carbons (Fsp3) is 0.286. The van der Waals surface area contributed by atoms with E-state index in [4.69, 9.17) is 4.74 Å². The lowest BCUT2D eigenvalue weighted by atomic mass is 9.90. The van der Waals surface area contributed by atoms with Crippen LogP contribution in [0.25, 0.3) is 11.1 Å². The molecule has 1 fully saturated rings. The summed E-state index contributed by atoms with van der Waals surface area (Å²) in [6.07, 6.45) is 3.74. The lowest BCUT2D eigenvalue weighted by Crippen LogP contribution is -2.47. The standard InChI is InChI=1S/C28H30FN5O/c1-35-26-14-11-22(20-9-12-24(29)13-10-20)16-23(26)17-30-25-8-5-15-34(18-27-31-19-32-33-27)28(25)21-6-3-2-4-7-21/h2-4,6-7,9-14,16,19,25,28,30H,5,8,15,17-18H2,1H3,(H,31,32,33). The van der Waals surface area contributed by atoms with Crippen LogP contribution < -0.4 is 10.1 Å². The number of hydrogen-bond donors (Lipinski definition) is 2. The van der Waals surface area contributed by atoms with E-state index in [1.807, 2.05) is 24.3 Å². The highest BCUT2D eigenvalue weighted by molar-refractivity contribution is 5.65. The zero-order valence-corrected chi connectivity index (χ0v) is 19.8. The fourth-order valence-electron chi connectivity index (χ4n) is 5.03. The second kappa shape index (κ2) is 10.8. The molecule has 0 bridgehead atoms. The van der Waals surface area contributed by atoms with Gasteiger partial charge in [-0.2, -0.15) is 5.10 Å². The van der Waals surface area contributed by atoms with E-state index < -0.39 is 0 Å². The molecule has 35 heavy (non-hydrogen) atoms. The first-order valence-corrected chi connectivity index (χ1v) is 12.0. The Kier molecular flexibility index (Phi) is 7.16. The average molecular weight is 472 g/mol. The normalized spacial score (nSPS) is 18.5. The summed E-state index contributed by atoms with van der Waals surface area (Å²) in [6, 6.07) is 23.9. The molecule has 0 amide bonds. The maximum absolute atomic E-state index is 13.4. The lowest BCUT2D eigenvalue weighted by molar-refractivity contribution is 0.100. The van der Waals surface area contributed by atoms with Crippen LogP contribution in [0, 0.1) is 5.82 Å².